The summed E-state index contributed by atoms with van der Waals surface area (Å²) in [5.74, 6) is -0.702. The van der Waals surface area contributed by atoms with Crippen molar-refractivity contribution in [3.05, 3.63) is 43.7 Å². The monoisotopic (exact) mass is 420 g/mol. The van der Waals surface area contributed by atoms with Crippen molar-refractivity contribution in [1.82, 2.24) is 9.78 Å². The molecule has 21 heavy (non-hydrogen) atoms. The van der Waals surface area contributed by atoms with E-state index in [2.05, 4.69) is 27.7 Å². The Morgan fingerprint density at radius 1 is 1.52 bits per heavy atom. The van der Waals surface area contributed by atoms with Crippen LogP contribution < -0.4 is 4.74 Å². The van der Waals surface area contributed by atoms with Crippen molar-refractivity contribution in [2.24, 2.45) is 7.05 Å². The van der Waals surface area contributed by atoms with E-state index in [1.54, 1.807) is 29.9 Å². The predicted octanol–water partition coefficient (Wildman–Crippen LogP) is 3.52. The highest BCUT2D eigenvalue weighted by atomic mass is 127. The first-order chi connectivity index (χ1) is 9.93. The van der Waals surface area contributed by atoms with Crippen LogP contribution in [0.1, 0.15) is 28.7 Å². The summed E-state index contributed by atoms with van der Waals surface area (Å²) in [6.45, 7) is 2.14. The molecule has 0 saturated carbocycles. The SMILES string of the molecule is CCc1nn(C)c(COc2ccc(I)cc2C(=O)O)c1Cl. The van der Waals surface area contributed by atoms with Crippen LogP contribution >= 0.6 is 34.2 Å². The van der Waals surface area contributed by atoms with Gasteiger partial charge in [-0.3, -0.25) is 4.68 Å². The van der Waals surface area contributed by atoms with Crippen LogP contribution in [0.15, 0.2) is 18.2 Å². The van der Waals surface area contributed by atoms with Crippen molar-refractivity contribution < 1.29 is 14.6 Å². The van der Waals surface area contributed by atoms with Gasteiger partial charge in [-0.25, -0.2) is 4.79 Å². The normalized spacial score (nSPS) is 10.7. The Balaban J connectivity index is 2.25. The summed E-state index contributed by atoms with van der Waals surface area (Å²) >= 11 is 8.30. The number of aromatic carboxylic acids is 1. The maximum Gasteiger partial charge on any atom is 0.339 e. The van der Waals surface area contributed by atoms with Gasteiger partial charge in [0.15, 0.2) is 0 Å². The maximum atomic E-state index is 11.2. The topological polar surface area (TPSA) is 64.4 Å². The molecular formula is C14H14ClIN2O3. The Labute approximate surface area is 141 Å². The van der Waals surface area contributed by atoms with Crippen molar-refractivity contribution in [2.45, 2.75) is 20.0 Å². The first-order valence-electron chi connectivity index (χ1n) is 6.30. The molecule has 0 spiro atoms. The summed E-state index contributed by atoms with van der Waals surface area (Å²) < 4.78 is 8.13. The standard InChI is InChI=1S/C14H14ClIN2O3/c1-3-10-13(15)11(18(2)17-10)7-21-12-5-4-8(16)6-9(12)14(19)20/h4-6H,3,7H2,1-2H3,(H,19,20). The highest BCUT2D eigenvalue weighted by Crippen LogP contribution is 2.25. The minimum atomic E-state index is -1.02. The Morgan fingerprint density at radius 2 is 2.24 bits per heavy atom. The van der Waals surface area contributed by atoms with Gasteiger partial charge in [-0.15, -0.1) is 0 Å². The number of nitrogens with zero attached hydrogens (tertiary/aromatic N) is 2. The van der Waals surface area contributed by atoms with Crippen LogP contribution in [0.4, 0.5) is 0 Å². The van der Waals surface area contributed by atoms with E-state index >= 15 is 0 Å². The number of carboxylic acid groups (broad SMARTS) is 1. The average Bonchev–Trinajstić information content (AvgIpc) is 2.72. The Bertz CT molecular complexity index is 685. The molecular weight excluding hydrogens is 407 g/mol. The van der Waals surface area contributed by atoms with Crippen molar-refractivity contribution in [1.29, 1.82) is 0 Å². The maximum absolute atomic E-state index is 11.2. The largest absolute Gasteiger partial charge is 0.486 e. The van der Waals surface area contributed by atoms with Crippen LogP contribution in [0.5, 0.6) is 5.75 Å². The molecule has 1 N–H and O–H groups in total. The number of carboxylic acids is 1. The van der Waals surface area contributed by atoms with Gasteiger partial charge in [-0.1, -0.05) is 18.5 Å². The van der Waals surface area contributed by atoms with Gasteiger partial charge in [0.05, 0.1) is 16.4 Å². The van der Waals surface area contributed by atoms with E-state index in [0.29, 0.717) is 10.8 Å². The second-order valence-electron chi connectivity index (χ2n) is 4.42. The summed E-state index contributed by atoms with van der Waals surface area (Å²) in [5.41, 5.74) is 1.66. The lowest BCUT2D eigenvalue weighted by Crippen LogP contribution is -2.07. The molecule has 0 unspecified atom stereocenters. The molecule has 0 aliphatic rings. The molecule has 0 atom stereocenters. The average molecular weight is 421 g/mol. The summed E-state index contributed by atoms with van der Waals surface area (Å²) in [4.78, 5) is 11.2. The molecule has 112 valence electrons. The predicted molar refractivity (Wildman–Crippen MR) is 88.0 cm³/mol. The first-order valence-corrected chi connectivity index (χ1v) is 7.75. The van der Waals surface area contributed by atoms with E-state index < -0.39 is 5.97 Å². The molecule has 0 aliphatic carbocycles. The fraction of sp³-hybridized carbons (Fsp3) is 0.286. The van der Waals surface area contributed by atoms with Crippen LogP contribution in [0.25, 0.3) is 0 Å². The van der Waals surface area contributed by atoms with Crippen LogP contribution in [-0.4, -0.2) is 20.9 Å². The molecule has 0 amide bonds. The van der Waals surface area contributed by atoms with Crippen molar-refractivity contribution in [3.8, 4) is 5.75 Å². The third kappa shape index (κ3) is 3.49. The van der Waals surface area contributed by atoms with E-state index in [0.717, 1.165) is 21.4 Å². The summed E-state index contributed by atoms with van der Waals surface area (Å²) in [7, 11) is 1.79. The molecule has 2 rings (SSSR count). The number of hydrogen-bond acceptors (Lipinski definition) is 3. The highest BCUT2D eigenvalue weighted by Gasteiger charge is 2.16. The highest BCUT2D eigenvalue weighted by molar-refractivity contribution is 14.1. The van der Waals surface area contributed by atoms with E-state index in [1.165, 1.54) is 0 Å². The zero-order valence-electron chi connectivity index (χ0n) is 11.6. The first kappa shape index (κ1) is 16.1. The van der Waals surface area contributed by atoms with Gasteiger partial charge in [0.2, 0.25) is 0 Å². The number of benzene rings is 1. The van der Waals surface area contributed by atoms with E-state index in [9.17, 15) is 9.90 Å². The van der Waals surface area contributed by atoms with E-state index in [4.69, 9.17) is 16.3 Å². The van der Waals surface area contributed by atoms with Gasteiger partial charge in [0.25, 0.3) is 0 Å². The molecule has 0 radical (unpaired) electrons. The third-order valence-electron chi connectivity index (χ3n) is 3.04. The second-order valence-corrected chi connectivity index (χ2v) is 6.04. The van der Waals surface area contributed by atoms with E-state index in [-0.39, 0.29) is 12.2 Å². The number of halogens is 2. The molecule has 2 aromatic rings. The summed E-state index contributed by atoms with van der Waals surface area (Å²) in [6, 6.07) is 5.02. The lowest BCUT2D eigenvalue weighted by atomic mass is 10.2. The van der Waals surface area contributed by atoms with Crippen LogP contribution in [-0.2, 0) is 20.1 Å². The van der Waals surface area contributed by atoms with Gasteiger partial charge in [0, 0.05) is 10.6 Å². The van der Waals surface area contributed by atoms with Gasteiger partial charge >= 0.3 is 5.97 Å². The van der Waals surface area contributed by atoms with Crippen molar-refractivity contribution >= 4 is 40.2 Å². The molecule has 0 fully saturated rings. The zero-order chi connectivity index (χ0) is 15.6. The molecule has 0 bridgehead atoms. The molecule has 7 heteroatoms. The summed E-state index contributed by atoms with van der Waals surface area (Å²) in [5, 5.41) is 14.1. The van der Waals surface area contributed by atoms with Crippen molar-refractivity contribution in [3.63, 3.8) is 0 Å². The van der Waals surface area contributed by atoms with Crippen LogP contribution in [0, 0.1) is 3.57 Å². The van der Waals surface area contributed by atoms with Crippen LogP contribution in [0.3, 0.4) is 0 Å². The smallest absolute Gasteiger partial charge is 0.339 e. The molecule has 0 aliphatic heterocycles. The molecule has 1 heterocycles. The lowest BCUT2D eigenvalue weighted by Gasteiger charge is -2.10. The number of ether oxygens (including phenoxy) is 1. The number of hydrogen-bond donors (Lipinski definition) is 1. The Morgan fingerprint density at radius 3 is 2.81 bits per heavy atom. The molecule has 5 nitrogen and oxygen atoms in total. The van der Waals surface area contributed by atoms with Gasteiger partial charge < -0.3 is 9.84 Å². The number of carbonyl (C=O) groups is 1. The number of aromatic nitrogens is 2. The number of aryl methyl sites for hydroxylation is 2. The third-order valence-corrected chi connectivity index (χ3v) is 4.15. The van der Waals surface area contributed by atoms with E-state index in [1.807, 2.05) is 6.92 Å². The lowest BCUT2D eigenvalue weighted by molar-refractivity contribution is 0.0691. The Kier molecular flexibility index (Phi) is 5.10. The minimum absolute atomic E-state index is 0.135. The molecule has 1 aromatic carbocycles. The van der Waals surface area contributed by atoms with Crippen LogP contribution in [0.2, 0.25) is 5.02 Å². The Hall–Kier alpha value is -1.28. The molecule has 1 aromatic heterocycles. The van der Waals surface area contributed by atoms with Gasteiger partial charge in [-0.05, 0) is 47.2 Å². The quantitative estimate of drug-likeness (QED) is 0.752. The van der Waals surface area contributed by atoms with Gasteiger partial charge in [-0.2, -0.15) is 5.10 Å². The molecule has 0 saturated heterocycles. The fourth-order valence-electron chi connectivity index (χ4n) is 1.92. The summed E-state index contributed by atoms with van der Waals surface area (Å²) in [6.07, 6.45) is 0.733. The van der Waals surface area contributed by atoms with Crippen molar-refractivity contribution in [2.75, 3.05) is 0 Å². The zero-order valence-corrected chi connectivity index (χ0v) is 14.5. The minimum Gasteiger partial charge on any atom is -0.486 e. The fourth-order valence-corrected chi connectivity index (χ4v) is 2.76. The van der Waals surface area contributed by atoms with Gasteiger partial charge in [0.1, 0.15) is 17.9 Å². The second kappa shape index (κ2) is 6.65. The number of rotatable bonds is 5.